The molecule has 2 atom stereocenters. The zero-order valence-electron chi connectivity index (χ0n) is 9.87. The third-order valence-electron chi connectivity index (χ3n) is 3.82. The van der Waals surface area contributed by atoms with Gasteiger partial charge in [-0.25, -0.2) is 0 Å². The van der Waals surface area contributed by atoms with Gasteiger partial charge in [0.15, 0.2) is 0 Å². The van der Waals surface area contributed by atoms with Gasteiger partial charge in [0.1, 0.15) is 0 Å². The minimum absolute atomic E-state index is 0.591. The molecule has 0 amide bonds. The fourth-order valence-corrected chi connectivity index (χ4v) is 4.48. The summed E-state index contributed by atoms with van der Waals surface area (Å²) in [5.74, 6) is 1.33. The lowest BCUT2D eigenvalue weighted by Crippen LogP contribution is -2.34. The van der Waals surface area contributed by atoms with Gasteiger partial charge in [-0.15, -0.1) is 0 Å². The van der Waals surface area contributed by atoms with Crippen molar-refractivity contribution in [2.24, 2.45) is 11.8 Å². The summed E-state index contributed by atoms with van der Waals surface area (Å²) in [4.78, 5) is 0. The van der Waals surface area contributed by atoms with E-state index in [0.717, 1.165) is 29.3 Å². The molecule has 1 nitrogen and oxygen atoms in total. The number of thiophene rings is 1. The van der Waals surface area contributed by atoms with Crippen molar-refractivity contribution in [3.8, 4) is 0 Å². The lowest BCUT2D eigenvalue weighted by atomic mass is 9.71. The van der Waals surface area contributed by atoms with E-state index in [0.29, 0.717) is 11.8 Å². The average Bonchev–Trinajstić information content (AvgIpc) is 2.65. The predicted octanol–water partition coefficient (Wildman–Crippen LogP) is 4.54. The van der Waals surface area contributed by atoms with Gasteiger partial charge in [-0.05, 0) is 58.8 Å². The van der Waals surface area contributed by atoms with Crippen molar-refractivity contribution in [3.05, 3.63) is 20.8 Å². The van der Waals surface area contributed by atoms with Crippen LogP contribution in [0.15, 0.2) is 15.2 Å². The van der Waals surface area contributed by atoms with Crippen LogP contribution >= 0.6 is 27.3 Å². The van der Waals surface area contributed by atoms with Gasteiger partial charge < -0.3 is 5.11 Å². The maximum atomic E-state index is 10.8. The van der Waals surface area contributed by atoms with E-state index in [2.05, 4.69) is 40.5 Å². The fraction of sp³-hybridized carbons (Fsp3) is 0.692. The zero-order valence-corrected chi connectivity index (χ0v) is 12.3. The first-order valence-corrected chi connectivity index (χ1v) is 7.71. The minimum atomic E-state index is -0.591. The standard InChI is InChI=1S/C13H19BrOS/c1-9(2)10-4-3-5-13(15,6-10)11-7-16-8-12(11)14/h7-10,15H,3-6H2,1-2H3. The second-order valence-corrected chi connectivity index (χ2v) is 6.86. The molecule has 0 aliphatic heterocycles. The van der Waals surface area contributed by atoms with Crippen LogP contribution in [0.5, 0.6) is 0 Å². The number of halogens is 1. The summed E-state index contributed by atoms with van der Waals surface area (Å²) in [5.41, 5.74) is 0.509. The second kappa shape index (κ2) is 4.79. The van der Waals surface area contributed by atoms with Crippen molar-refractivity contribution >= 4 is 27.3 Å². The first-order chi connectivity index (χ1) is 7.53. The molecule has 0 bridgehead atoms. The Hall–Kier alpha value is 0.140. The van der Waals surface area contributed by atoms with Crippen LogP contribution in [-0.2, 0) is 5.60 Å². The molecule has 1 aliphatic carbocycles. The molecular formula is C13H19BrOS. The molecule has 3 heteroatoms. The lowest BCUT2D eigenvalue weighted by molar-refractivity contribution is -0.0297. The molecule has 0 radical (unpaired) electrons. The Bertz CT molecular complexity index is 361. The highest BCUT2D eigenvalue weighted by Gasteiger charge is 2.38. The maximum absolute atomic E-state index is 10.8. The molecule has 1 saturated carbocycles. The van der Waals surface area contributed by atoms with Gasteiger partial charge >= 0.3 is 0 Å². The van der Waals surface area contributed by atoms with E-state index in [9.17, 15) is 5.11 Å². The van der Waals surface area contributed by atoms with Crippen molar-refractivity contribution in [2.45, 2.75) is 45.1 Å². The highest BCUT2D eigenvalue weighted by atomic mass is 79.9. The molecule has 2 unspecified atom stereocenters. The third-order valence-corrected chi connectivity index (χ3v) is 5.53. The summed E-state index contributed by atoms with van der Waals surface area (Å²) in [6, 6.07) is 0. The molecule has 0 saturated heterocycles. The van der Waals surface area contributed by atoms with Gasteiger partial charge in [0, 0.05) is 15.4 Å². The maximum Gasteiger partial charge on any atom is 0.0918 e. The van der Waals surface area contributed by atoms with E-state index in [-0.39, 0.29) is 0 Å². The Morgan fingerprint density at radius 2 is 2.25 bits per heavy atom. The number of aliphatic hydroxyl groups is 1. The molecule has 0 aromatic carbocycles. The molecule has 1 aromatic rings. The Morgan fingerprint density at radius 1 is 1.50 bits per heavy atom. The van der Waals surface area contributed by atoms with Crippen molar-refractivity contribution < 1.29 is 5.11 Å². The quantitative estimate of drug-likeness (QED) is 0.850. The number of hydrogen-bond donors (Lipinski definition) is 1. The molecule has 1 heterocycles. The zero-order chi connectivity index (χ0) is 11.8. The topological polar surface area (TPSA) is 20.2 Å². The van der Waals surface area contributed by atoms with Gasteiger partial charge in [0.2, 0.25) is 0 Å². The van der Waals surface area contributed by atoms with Crippen molar-refractivity contribution in [2.75, 3.05) is 0 Å². The molecule has 1 aromatic heterocycles. The van der Waals surface area contributed by atoms with Crippen LogP contribution in [0.3, 0.4) is 0 Å². The normalized spacial score (nSPS) is 30.9. The Labute approximate surface area is 110 Å². The molecule has 0 spiro atoms. The van der Waals surface area contributed by atoms with Crippen molar-refractivity contribution in [1.82, 2.24) is 0 Å². The van der Waals surface area contributed by atoms with Gasteiger partial charge in [-0.1, -0.05) is 13.8 Å². The lowest BCUT2D eigenvalue weighted by Gasteiger charge is -2.38. The summed E-state index contributed by atoms with van der Waals surface area (Å²) >= 11 is 5.21. The molecule has 2 rings (SSSR count). The molecule has 1 fully saturated rings. The van der Waals surface area contributed by atoms with E-state index in [4.69, 9.17) is 0 Å². The highest BCUT2D eigenvalue weighted by molar-refractivity contribution is 9.10. The second-order valence-electron chi connectivity index (χ2n) is 5.27. The van der Waals surface area contributed by atoms with E-state index in [1.54, 1.807) is 11.3 Å². The van der Waals surface area contributed by atoms with Gasteiger partial charge in [0.25, 0.3) is 0 Å². The van der Waals surface area contributed by atoms with Crippen LogP contribution in [0.1, 0.15) is 45.1 Å². The van der Waals surface area contributed by atoms with E-state index in [1.807, 2.05) is 0 Å². The molecular weight excluding hydrogens is 284 g/mol. The van der Waals surface area contributed by atoms with E-state index in [1.165, 1.54) is 6.42 Å². The SMILES string of the molecule is CC(C)C1CCCC(O)(c2cscc2Br)C1. The smallest absolute Gasteiger partial charge is 0.0918 e. The molecule has 1 N–H and O–H groups in total. The number of hydrogen-bond acceptors (Lipinski definition) is 2. The Balaban J connectivity index is 2.22. The van der Waals surface area contributed by atoms with Crippen molar-refractivity contribution in [1.29, 1.82) is 0 Å². The fourth-order valence-electron chi connectivity index (χ4n) is 2.72. The molecule has 1 aliphatic rings. The molecule has 16 heavy (non-hydrogen) atoms. The minimum Gasteiger partial charge on any atom is -0.385 e. The van der Waals surface area contributed by atoms with Crippen LogP contribution in [-0.4, -0.2) is 5.11 Å². The predicted molar refractivity (Wildman–Crippen MR) is 72.7 cm³/mol. The average molecular weight is 303 g/mol. The monoisotopic (exact) mass is 302 g/mol. The Kier molecular flexibility index (Phi) is 3.77. The van der Waals surface area contributed by atoms with Gasteiger partial charge in [0.05, 0.1) is 5.60 Å². The van der Waals surface area contributed by atoms with Gasteiger partial charge in [-0.3, -0.25) is 0 Å². The van der Waals surface area contributed by atoms with E-state index >= 15 is 0 Å². The highest BCUT2D eigenvalue weighted by Crippen LogP contribution is 2.45. The van der Waals surface area contributed by atoms with Crippen LogP contribution in [0.2, 0.25) is 0 Å². The van der Waals surface area contributed by atoms with Crippen LogP contribution in [0, 0.1) is 11.8 Å². The summed E-state index contributed by atoms with van der Waals surface area (Å²) in [5, 5.41) is 15.0. The van der Waals surface area contributed by atoms with Crippen molar-refractivity contribution in [3.63, 3.8) is 0 Å². The van der Waals surface area contributed by atoms with E-state index < -0.39 is 5.60 Å². The summed E-state index contributed by atoms with van der Waals surface area (Å²) < 4.78 is 1.07. The third kappa shape index (κ3) is 2.36. The summed E-state index contributed by atoms with van der Waals surface area (Å²) in [6.45, 7) is 4.53. The largest absolute Gasteiger partial charge is 0.385 e. The number of rotatable bonds is 2. The molecule has 90 valence electrons. The Morgan fingerprint density at radius 3 is 2.81 bits per heavy atom. The first kappa shape index (κ1) is 12.6. The first-order valence-electron chi connectivity index (χ1n) is 5.97. The van der Waals surface area contributed by atoms with Crippen LogP contribution in [0.25, 0.3) is 0 Å². The van der Waals surface area contributed by atoms with Crippen LogP contribution < -0.4 is 0 Å². The van der Waals surface area contributed by atoms with Gasteiger partial charge in [-0.2, -0.15) is 11.3 Å². The summed E-state index contributed by atoms with van der Waals surface area (Å²) in [7, 11) is 0. The van der Waals surface area contributed by atoms with Crippen LogP contribution in [0.4, 0.5) is 0 Å². The summed E-state index contributed by atoms with van der Waals surface area (Å²) in [6.07, 6.45) is 4.23.